The summed E-state index contributed by atoms with van der Waals surface area (Å²) in [6.07, 6.45) is 0. The lowest BCUT2D eigenvalue weighted by Gasteiger charge is -2.33. The summed E-state index contributed by atoms with van der Waals surface area (Å²) in [6.45, 7) is 0. The van der Waals surface area contributed by atoms with Gasteiger partial charge in [-0.05, 0) is 34.0 Å². The second kappa shape index (κ2) is 3.50. The molecular weight excluding hydrogens is 227 g/mol. The van der Waals surface area contributed by atoms with Crippen molar-refractivity contribution < 1.29 is 12.6 Å². The molecule has 4 heteroatoms. The first-order chi connectivity index (χ1) is 7.49. The Bertz CT molecular complexity index is 500. The van der Waals surface area contributed by atoms with Crippen LogP contribution in [0.25, 0.3) is 0 Å². The molecule has 0 aliphatic carbocycles. The maximum absolute atomic E-state index is 14.4. The molecule has 16 heavy (non-hydrogen) atoms. The summed E-state index contributed by atoms with van der Waals surface area (Å²) in [7, 11) is -5.41. The van der Waals surface area contributed by atoms with Crippen molar-refractivity contribution in [3.05, 3.63) is 60.7 Å². The summed E-state index contributed by atoms with van der Waals surface area (Å²) in [6, 6.07) is 14.7. The van der Waals surface area contributed by atoms with Crippen LogP contribution >= 0.6 is 0 Å². The Balaban J connectivity index is 2.65. The highest BCUT2D eigenvalue weighted by Crippen LogP contribution is 2.41. The lowest BCUT2D eigenvalue weighted by atomic mass is 10.4. The molecule has 84 valence electrons. The van der Waals surface area contributed by atoms with Crippen molar-refractivity contribution in [3.63, 3.8) is 0 Å². The molecule has 0 amide bonds. The Morgan fingerprint density at radius 1 is 0.812 bits per heavy atom. The van der Waals surface area contributed by atoms with E-state index in [4.69, 9.17) is 0 Å². The van der Waals surface area contributed by atoms with Crippen LogP contribution in [0, 0.1) is 0 Å². The molecule has 0 aromatic heterocycles. The summed E-state index contributed by atoms with van der Waals surface area (Å²) >= 11 is 0. The van der Waals surface area contributed by atoms with Gasteiger partial charge in [-0.3, -0.25) is 4.55 Å². The molecule has 2 nitrogen and oxygen atoms in total. The largest absolute Gasteiger partial charge is 0.271 e. The third-order valence-corrected chi connectivity index (χ3v) is 4.48. The minimum absolute atomic E-state index is 0.217. The fourth-order valence-electron chi connectivity index (χ4n) is 1.45. The zero-order chi connectivity index (χ0) is 11.7. The summed E-state index contributed by atoms with van der Waals surface area (Å²) < 4.78 is 36.2. The molecule has 0 atom stereocenters. The van der Waals surface area contributed by atoms with Crippen LogP contribution in [-0.4, -0.2) is 8.76 Å². The fourth-order valence-corrected chi connectivity index (χ4v) is 2.98. The van der Waals surface area contributed by atoms with Crippen molar-refractivity contribution in [1.29, 1.82) is 0 Å². The Labute approximate surface area is 93.3 Å². The molecule has 2 aromatic carbocycles. The average molecular weight is 238 g/mol. The van der Waals surface area contributed by atoms with Gasteiger partial charge >= 0.3 is 0 Å². The highest BCUT2D eigenvalue weighted by molar-refractivity contribution is 8.10. The molecule has 2 aromatic rings. The van der Waals surface area contributed by atoms with Crippen molar-refractivity contribution in [2.24, 2.45) is 0 Å². The lowest BCUT2D eigenvalue weighted by Crippen LogP contribution is -2.26. The molecule has 0 spiro atoms. The summed E-state index contributed by atoms with van der Waals surface area (Å²) in [5, 5.41) is 0. The topological polar surface area (TPSA) is 37.3 Å². The van der Waals surface area contributed by atoms with Gasteiger partial charge in [-0.25, -0.2) is 0 Å². The predicted octanol–water partition coefficient (Wildman–Crippen LogP) is 3.28. The van der Waals surface area contributed by atoms with Gasteiger partial charge in [0.15, 0.2) is 0 Å². The molecule has 0 fully saturated rings. The highest BCUT2D eigenvalue weighted by Gasteiger charge is 2.31. The van der Waals surface area contributed by atoms with E-state index in [9.17, 15) is 12.6 Å². The lowest BCUT2D eigenvalue weighted by molar-refractivity contribution is 0.454. The molecule has 0 bridgehead atoms. The van der Waals surface area contributed by atoms with Crippen molar-refractivity contribution in [3.8, 4) is 0 Å². The van der Waals surface area contributed by atoms with Gasteiger partial charge < -0.3 is 0 Å². The molecular formula is C12H11FO2S. The van der Waals surface area contributed by atoms with Gasteiger partial charge in [0.05, 0.1) is 9.79 Å². The molecule has 0 unspecified atom stereocenters. The minimum atomic E-state index is -5.41. The highest BCUT2D eigenvalue weighted by atomic mass is 32.3. The number of hydrogen-bond acceptors (Lipinski definition) is 1. The maximum Gasteiger partial charge on any atom is 0.0892 e. The SMILES string of the molecule is O=S(O)(F)(c1ccccc1)c1ccccc1. The fraction of sp³-hybridized carbons (Fsp3) is 0. The van der Waals surface area contributed by atoms with Gasteiger partial charge in [0.25, 0.3) is 0 Å². The standard InChI is InChI=1S/C12H11FO2S/c13-16(14,15,11-7-3-1-4-8-11)12-9-5-2-6-10-12/h1-10H,(H,14,15). The first kappa shape index (κ1) is 11.0. The Hall–Kier alpha value is -1.52. The molecule has 0 saturated carbocycles. The quantitative estimate of drug-likeness (QED) is 0.815. The van der Waals surface area contributed by atoms with Crippen LogP contribution in [0.5, 0.6) is 0 Å². The maximum atomic E-state index is 14.4. The van der Waals surface area contributed by atoms with E-state index in [2.05, 4.69) is 0 Å². The molecule has 0 saturated heterocycles. The first-order valence-electron chi connectivity index (χ1n) is 4.73. The van der Waals surface area contributed by atoms with Crippen LogP contribution in [0.4, 0.5) is 3.89 Å². The third kappa shape index (κ3) is 1.77. The summed E-state index contributed by atoms with van der Waals surface area (Å²) in [5.74, 6) is 0. The Morgan fingerprint density at radius 3 is 1.44 bits per heavy atom. The van der Waals surface area contributed by atoms with E-state index in [0.717, 1.165) is 0 Å². The molecule has 0 aliphatic rings. The monoisotopic (exact) mass is 238 g/mol. The minimum Gasteiger partial charge on any atom is -0.271 e. The smallest absolute Gasteiger partial charge is 0.0892 e. The second-order valence-electron chi connectivity index (χ2n) is 3.44. The van der Waals surface area contributed by atoms with E-state index in [0.29, 0.717) is 0 Å². The number of benzene rings is 2. The zero-order valence-corrected chi connectivity index (χ0v) is 9.23. The van der Waals surface area contributed by atoms with Crippen molar-refractivity contribution in [2.45, 2.75) is 9.79 Å². The number of hydrogen-bond donors (Lipinski definition) is 1. The van der Waals surface area contributed by atoms with Gasteiger partial charge in [0, 0.05) is 0 Å². The Morgan fingerprint density at radius 2 is 1.12 bits per heavy atom. The second-order valence-corrected chi connectivity index (χ2v) is 6.01. The molecule has 0 heterocycles. The van der Waals surface area contributed by atoms with Crippen molar-refractivity contribution in [1.82, 2.24) is 0 Å². The van der Waals surface area contributed by atoms with Gasteiger partial charge in [0.1, 0.15) is 0 Å². The van der Waals surface area contributed by atoms with Crippen LogP contribution < -0.4 is 0 Å². The summed E-state index contributed by atoms with van der Waals surface area (Å²) in [4.78, 5) is -0.434. The Kier molecular flexibility index (Phi) is 2.40. The van der Waals surface area contributed by atoms with E-state index in [1.807, 2.05) is 0 Å². The van der Waals surface area contributed by atoms with Crippen LogP contribution in [0.1, 0.15) is 0 Å². The summed E-state index contributed by atoms with van der Waals surface area (Å²) in [5.41, 5.74) is 0. The van der Waals surface area contributed by atoms with E-state index in [-0.39, 0.29) is 9.79 Å². The van der Waals surface area contributed by atoms with Gasteiger partial charge in [-0.15, -0.1) is 0 Å². The van der Waals surface area contributed by atoms with Crippen molar-refractivity contribution >= 4 is 9.73 Å². The van der Waals surface area contributed by atoms with Crippen LogP contribution in [0.3, 0.4) is 0 Å². The van der Waals surface area contributed by atoms with Crippen LogP contribution in [0.15, 0.2) is 70.5 Å². The molecule has 2 rings (SSSR count). The zero-order valence-electron chi connectivity index (χ0n) is 8.42. The van der Waals surface area contributed by atoms with E-state index in [1.54, 1.807) is 12.1 Å². The van der Waals surface area contributed by atoms with E-state index < -0.39 is 9.73 Å². The normalized spacial score (nSPS) is 14.0. The first-order valence-corrected chi connectivity index (χ1v) is 6.56. The average Bonchev–Trinajstić information content (AvgIpc) is 2.31. The van der Waals surface area contributed by atoms with Crippen LogP contribution in [-0.2, 0) is 9.73 Å². The van der Waals surface area contributed by atoms with Gasteiger partial charge in [-0.2, -0.15) is 4.21 Å². The van der Waals surface area contributed by atoms with Gasteiger partial charge in [0.2, 0.25) is 0 Å². The van der Waals surface area contributed by atoms with E-state index >= 15 is 0 Å². The molecule has 1 N–H and O–H groups in total. The molecule has 0 aliphatic heterocycles. The van der Waals surface area contributed by atoms with Crippen molar-refractivity contribution in [2.75, 3.05) is 0 Å². The van der Waals surface area contributed by atoms with E-state index in [1.165, 1.54) is 48.5 Å². The molecule has 0 radical (unpaired) electrons. The predicted molar refractivity (Wildman–Crippen MR) is 61.3 cm³/mol. The van der Waals surface area contributed by atoms with Gasteiger partial charge in [-0.1, -0.05) is 40.3 Å². The van der Waals surface area contributed by atoms with Crippen LogP contribution in [0.2, 0.25) is 0 Å². The number of halogens is 1. The third-order valence-electron chi connectivity index (χ3n) is 2.30. The number of rotatable bonds is 2.